The molecule has 13 heteroatoms. The molecule has 8 aliphatic carbocycles. The molecule has 0 aromatic rings. The van der Waals surface area contributed by atoms with Gasteiger partial charge in [-0.25, -0.2) is 8.42 Å². The van der Waals surface area contributed by atoms with Crippen LogP contribution in [0, 0.1) is 79.8 Å². The Labute approximate surface area is 448 Å². The number of hydrogen-bond acceptors (Lipinski definition) is 11. The number of allylic oxidation sites excluding steroid dienone is 3. The Bertz CT molecular complexity index is 2430. The molecular weight excluding hydrogens is 928 g/mol. The van der Waals surface area contributed by atoms with Crippen molar-refractivity contribution in [1.82, 2.24) is 0 Å². The monoisotopic (exact) mass is 1010 g/mol. The quantitative estimate of drug-likeness (QED) is 0.0983. The van der Waals surface area contributed by atoms with Gasteiger partial charge in [0.05, 0.1) is 36.1 Å². The zero-order chi connectivity index (χ0) is 50.5. The van der Waals surface area contributed by atoms with Crippen molar-refractivity contribution in [3.05, 3.63) is 33.9 Å². The molecule has 0 radical (unpaired) electrons. The summed E-state index contributed by atoms with van der Waals surface area (Å²) in [5, 5.41) is 34.1. The number of rotatable bonds is 8. The first-order valence-corrected chi connectivity index (χ1v) is 29.1. The van der Waals surface area contributed by atoms with Crippen LogP contribution in [0.3, 0.4) is 0 Å². The molecule has 3 N–H and O–H groups in total. The van der Waals surface area contributed by atoms with Crippen LogP contribution in [0.5, 0.6) is 0 Å². The van der Waals surface area contributed by atoms with Crippen molar-refractivity contribution in [3.63, 3.8) is 0 Å². The van der Waals surface area contributed by atoms with Gasteiger partial charge in [0.15, 0.2) is 5.78 Å². The second-order valence-electron chi connectivity index (χ2n) is 28.4. The summed E-state index contributed by atoms with van der Waals surface area (Å²) < 4.78 is 63.5. The van der Waals surface area contributed by atoms with Gasteiger partial charge in [0.2, 0.25) is 16.2 Å². The summed E-state index contributed by atoms with van der Waals surface area (Å²) in [6, 6.07) is 0. The van der Waals surface area contributed by atoms with E-state index in [0.717, 1.165) is 70.6 Å². The molecule has 4 heterocycles. The standard InChI is InChI=1S/C58H88O11S.Na/c1-31(36-15-17-38-34-14-19-45-51(5,6)58(62)46(60)29-57(45,30-66-58)41(34)22-24-53(36,38)9)13-20-47-56(12)27-33(52(7,8)69-56)25-43(67-47)32(2)37-16-18-39-35-26-44(68-70(63,64)65)48-50(3,4)49(61)42(59)28-55(48,11)40(35)21-23-54(37,39)10;/h19,31-33,36-39,42-44,46-48,59-60,62H,13-18,20-30H2,1-12H3,(H,63,64,65);/q;+1/p-1/t31-,32+,33-,36-,37-,38+,39+,42+,43-,44+,46+,47+,48+,53-,54-,55-,56-,57+,58+;/m1./s1. The maximum Gasteiger partial charge on any atom is 1.00 e. The number of aliphatic hydroxyl groups excluding tert-OH is 2. The van der Waals surface area contributed by atoms with E-state index in [1.807, 2.05) is 0 Å². The Balaban J connectivity index is 0.00000582. The molecule has 0 aromatic heterocycles. The van der Waals surface area contributed by atoms with Crippen LogP contribution in [-0.4, -0.2) is 88.2 Å². The van der Waals surface area contributed by atoms with Gasteiger partial charge in [0.1, 0.15) is 12.2 Å². The van der Waals surface area contributed by atoms with Gasteiger partial charge < -0.3 is 34.1 Å². The molecule has 71 heavy (non-hydrogen) atoms. The summed E-state index contributed by atoms with van der Waals surface area (Å²) in [7, 11) is -5.06. The first-order chi connectivity index (χ1) is 32.4. The van der Waals surface area contributed by atoms with Crippen LogP contribution in [0.4, 0.5) is 0 Å². The van der Waals surface area contributed by atoms with E-state index in [1.165, 1.54) is 35.1 Å². The number of Topliss-reactive ketones (excluding diaryl/α,β-unsaturated/α-hetero) is 1. The number of carbonyl (C=O) groups is 1. The second kappa shape index (κ2) is 17.0. The summed E-state index contributed by atoms with van der Waals surface area (Å²) in [5.41, 5.74) is 3.61. The van der Waals surface area contributed by atoms with E-state index in [0.29, 0.717) is 49.0 Å². The van der Waals surface area contributed by atoms with E-state index < -0.39 is 56.7 Å². The van der Waals surface area contributed by atoms with Crippen molar-refractivity contribution in [1.29, 1.82) is 0 Å². The van der Waals surface area contributed by atoms with Crippen LogP contribution in [0.25, 0.3) is 0 Å². The third-order valence-corrected chi connectivity index (χ3v) is 24.7. The van der Waals surface area contributed by atoms with Crippen molar-refractivity contribution in [3.8, 4) is 0 Å². The summed E-state index contributed by atoms with van der Waals surface area (Å²) >= 11 is 0. The fraction of sp³-hybridized carbons (Fsp3) is 0.879. The van der Waals surface area contributed by atoms with E-state index in [9.17, 15) is 33.1 Å². The van der Waals surface area contributed by atoms with Crippen molar-refractivity contribution in [2.75, 3.05) is 6.61 Å². The molecule has 12 rings (SSSR count). The molecule has 11 nitrogen and oxygen atoms in total. The van der Waals surface area contributed by atoms with E-state index >= 15 is 0 Å². The maximum atomic E-state index is 13.5. The Morgan fingerprint density at radius 2 is 1.49 bits per heavy atom. The van der Waals surface area contributed by atoms with Gasteiger partial charge in [-0.2, -0.15) is 0 Å². The number of fused-ring (bicyclic) bond motifs is 10. The fourth-order valence-corrected chi connectivity index (χ4v) is 21.5. The number of ketones is 1. The second-order valence-corrected chi connectivity index (χ2v) is 29.4. The van der Waals surface area contributed by atoms with Crippen LogP contribution >= 0.6 is 0 Å². The Morgan fingerprint density at radius 1 is 0.859 bits per heavy atom. The maximum absolute atomic E-state index is 13.5. The molecule has 1 spiro atoms. The molecule has 4 bridgehead atoms. The van der Waals surface area contributed by atoms with Crippen molar-refractivity contribution in [2.24, 2.45) is 79.8 Å². The van der Waals surface area contributed by atoms with Gasteiger partial charge in [-0.15, -0.1) is 0 Å². The molecule has 19 atom stereocenters. The van der Waals surface area contributed by atoms with Crippen LogP contribution in [0.2, 0.25) is 0 Å². The minimum Gasteiger partial charge on any atom is -0.726 e. The Morgan fingerprint density at radius 3 is 2.15 bits per heavy atom. The van der Waals surface area contributed by atoms with Gasteiger partial charge in [-0.1, -0.05) is 96.3 Å². The third-order valence-electron chi connectivity index (χ3n) is 24.2. The van der Waals surface area contributed by atoms with E-state index in [-0.39, 0.29) is 93.3 Å². The van der Waals surface area contributed by atoms with Gasteiger partial charge in [-0.05, 0) is 181 Å². The van der Waals surface area contributed by atoms with Crippen LogP contribution in [0.15, 0.2) is 33.9 Å². The number of carbonyl (C=O) groups excluding carboxylic acids is 1. The Kier molecular flexibility index (Phi) is 12.9. The molecule has 4 aliphatic heterocycles. The predicted molar refractivity (Wildman–Crippen MR) is 264 cm³/mol. The molecule has 4 saturated carbocycles. The first kappa shape index (κ1) is 53.9. The summed E-state index contributed by atoms with van der Waals surface area (Å²) in [6.45, 7) is 27.1. The third kappa shape index (κ3) is 7.50. The molecule has 8 fully saturated rings. The topological polar surface area (TPSA) is 172 Å². The molecule has 12 aliphatic rings. The van der Waals surface area contributed by atoms with Crippen molar-refractivity contribution in [2.45, 2.75) is 233 Å². The molecule has 392 valence electrons. The smallest absolute Gasteiger partial charge is 0.726 e. The minimum atomic E-state index is -5.06. The predicted octanol–water partition coefficient (Wildman–Crippen LogP) is 7.08. The summed E-state index contributed by atoms with van der Waals surface area (Å²) in [4.78, 5) is 13.5. The molecule has 0 unspecified atom stereocenters. The zero-order valence-electron chi connectivity index (χ0n) is 45.6. The van der Waals surface area contributed by atoms with E-state index in [1.54, 1.807) is 19.4 Å². The van der Waals surface area contributed by atoms with Gasteiger partial charge >= 0.3 is 29.6 Å². The number of ether oxygens (including phenoxy) is 3. The summed E-state index contributed by atoms with van der Waals surface area (Å²) in [6.07, 6.45) is 13.8. The van der Waals surface area contributed by atoms with Crippen LogP contribution in [0.1, 0.15) is 186 Å². The van der Waals surface area contributed by atoms with Crippen molar-refractivity contribution < 1.29 is 81.0 Å². The van der Waals surface area contributed by atoms with Crippen molar-refractivity contribution >= 4 is 16.2 Å². The zero-order valence-corrected chi connectivity index (χ0v) is 48.4. The normalized spacial score (nSPS) is 49.8. The van der Waals surface area contributed by atoms with Gasteiger partial charge in [0, 0.05) is 22.2 Å². The van der Waals surface area contributed by atoms with E-state index in [2.05, 4.69) is 75.3 Å². The average Bonchev–Trinajstić information content (AvgIpc) is 3.83. The van der Waals surface area contributed by atoms with Gasteiger partial charge in [-0.3, -0.25) is 8.98 Å². The average molecular weight is 1020 g/mol. The number of aliphatic hydroxyl groups is 3. The number of hydrogen-bond donors (Lipinski definition) is 3. The first-order valence-electron chi connectivity index (χ1n) is 27.8. The van der Waals surface area contributed by atoms with Crippen LogP contribution < -0.4 is 29.6 Å². The Hall–Kier alpha value is -0.480. The summed E-state index contributed by atoms with van der Waals surface area (Å²) in [5.74, 6) is 0.414. The largest absolute Gasteiger partial charge is 1.00 e. The molecule has 0 amide bonds. The minimum absolute atomic E-state index is 0. The van der Waals surface area contributed by atoms with E-state index in [4.69, 9.17) is 18.4 Å². The molecule has 0 aromatic carbocycles. The van der Waals surface area contributed by atoms with Crippen LogP contribution in [-0.2, 0) is 33.6 Å². The SMILES string of the molecule is C[C@@H]([C@H]1CC[C@H]2C3=C(CC[C@]12C)[C@@]1(C)C[C@H](O)C(=O)C(C)(C)[C@@H]1[C@@H](OS(=O)(=O)[O-])C3)[C@H]1C[C@@H]2C[C@@](C)(OC2(C)C)[C@H](CC[C@@H](C)[C@H]2CC[C@H]3C4=C(CC[C@]23C)[C@@]23CO[C@@](O)([C@@H](O)C2)C(C)(C)C3=CC4)O1.[Na+]. The molecule has 4 saturated heterocycles. The fourth-order valence-electron chi connectivity index (χ4n) is 21.0. The molecular formula is C58H87NaO11S. The van der Waals surface area contributed by atoms with Gasteiger partial charge in [0.25, 0.3) is 0 Å².